The van der Waals surface area contributed by atoms with Gasteiger partial charge >= 0.3 is 0 Å². The van der Waals surface area contributed by atoms with Gasteiger partial charge in [-0.2, -0.15) is 0 Å². The minimum atomic E-state index is -3.07. The Morgan fingerprint density at radius 2 is 1.54 bits per heavy atom. The zero-order chi connectivity index (χ0) is 17.7. The Balaban J connectivity index is 2.04. The van der Waals surface area contributed by atoms with Crippen LogP contribution in [0.5, 0.6) is 0 Å². The van der Waals surface area contributed by atoms with Crippen LogP contribution in [0.25, 0.3) is 0 Å². The molecule has 0 aromatic heterocycles. The van der Waals surface area contributed by atoms with Gasteiger partial charge in [-0.1, -0.05) is 24.3 Å². The van der Waals surface area contributed by atoms with Gasteiger partial charge in [0.05, 0.1) is 5.75 Å². The van der Waals surface area contributed by atoms with E-state index in [9.17, 15) is 13.2 Å². The molecule has 0 radical (unpaired) electrons. The van der Waals surface area contributed by atoms with Gasteiger partial charge in [-0.25, -0.2) is 8.42 Å². The van der Waals surface area contributed by atoms with E-state index >= 15 is 0 Å². The zero-order valence-electron chi connectivity index (χ0n) is 14.0. The van der Waals surface area contributed by atoms with Crippen LogP contribution in [0.1, 0.15) is 21.5 Å². The zero-order valence-corrected chi connectivity index (χ0v) is 15.7. The summed E-state index contributed by atoms with van der Waals surface area (Å²) in [6.45, 7) is 0.526. The van der Waals surface area contributed by atoms with Crippen LogP contribution in [0.15, 0.2) is 53.4 Å². The average molecular weight is 364 g/mol. The highest BCUT2D eigenvalue weighted by atomic mass is 32.2. The number of amides is 1. The first-order valence-corrected chi connectivity index (χ1v) is 10.7. The second kappa shape index (κ2) is 7.85. The third-order valence-electron chi connectivity index (χ3n) is 3.56. The van der Waals surface area contributed by atoms with Crippen LogP contribution in [0, 0.1) is 0 Å². The molecule has 1 amide bonds. The molecule has 0 heterocycles. The molecule has 0 bridgehead atoms. The van der Waals surface area contributed by atoms with Gasteiger partial charge in [0.1, 0.15) is 0 Å². The summed E-state index contributed by atoms with van der Waals surface area (Å²) in [5, 5.41) is 0. The number of thioether (sulfide) groups is 1. The molecule has 0 saturated heterocycles. The molecule has 24 heavy (non-hydrogen) atoms. The predicted octanol–water partition coefficient (Wildman–Crippen LogP) is 3.23. The molecule has 0 spiro atoms. The SMILES string of the molecule is CSc1ccc(CN(C)C(=O)c2ccc(CS(C)(=O)=O)cc2)cc1. The lowest BCUT2D eigenvalue weighted by Crippen LogP contribution is -2.26. The third kappa shape index (κ3) is 5.39. The van der Waals surface area contributed by atoms with Crippen LogP contribution in [-0.4, -0.2) is 38.8 Å². The molecule has 0 aliphatic carbocycles. The molecule has 0 fully saturated rings. The lowest BCUT2D eigenvalue weighted by molar-refractivity contribution is 0.0785. The minimum Gasteiger partial charge on any atom is -0.337 e. The molecule has 0 aliphatic rings. The molecule has 6 heteroatoms. The van der Waals surface area contributed by atoms with E-state index in [4.69, 9.17) is 0 Å². The maximum Gasteiger partial charge on any atom is 0.253 e. The number of carbonyl (C=O) groups is 1. The van der Waals surface area contributed by atoms with Gasteiger partial charge in [-0.3, -0.25) is 4.79 Å². The molecule has 4 nitrogen and oxygen atoms in total. The third-order valence-corrected chi connectivity index (χ3v) is 5.16. The van der Waals surface area contributed by atoms with E-state index in [0.29, 0.717) is 17.7 Å². The fourth-order valence-electron chi connectivity index (χ4n) is 2.34. The molecule has 0 aliphatic heterocycles. The molecule has 2 rings (SSSR count). The van der Waals surface area contributed by atoms with Crippen molar-refractivity contribution in [3.8, 4) is 0 Å². The summed E-state index contributed by atoms with van der Waals surface area (Å²) in [6, 6.07) is 14.9. The van der Waals surface area contributed by atoms with E-state index in [1.807, 2.05) is 30.5 Å². The van der Waals surface area contributed by atoms with E-state index < -0.39 is 9.84 Å². The van der Waals surface area contributed by atoms with Crippen LogP contribution in [0.3, 0.4) is 0 Å². The quantitative estimate of drug-likeness (QED) is 0.740. The minimum absolute atomic E-state index is 0.0148. The highest BCUT2D eigenvalue weighted by molar-refractivity contribution is 7.98. The summed E-state index contributed by atoms with van der Waals surface area (Å²) >= 11 is 1.68. The number of hydrogen-bond acceptors (Lipinski definition) is 4. The Labute approximate surface area is 147 Å². The van der Waals surface area contributed by atoms with Crippen molar-refractivity contribution in [1.29, 1.82) is 0 Å². The van der Waals surface area contributed by atoms with Gasteiger partial charge in [-0.05, 0) is 41.6 Å². The van der Waals surface area contributed by atoms with E-state index in [-0.39, 0.29) is 11.7 Å². The first-order valence-electron chi connectivity index (χ1n) is 7.43. The molecular weight excluding hydrogens is 342 g/mol. The molecule has 128 valence electrons. The van der Waals surface area contributed by atoms with Crippen molar-refractivity contribution in [3.63, 3.8) is 0 Å². The smallest absolute Gasteiger partial charge is 0.253 e. The summed E-state index contributed by atoms with van der Waals surface area (Å²) in [5.41, 5.74) is 2.30. The van der Waals surface area contributed by atoms with E-state index in [1.165, 1.54) is 11.2 Å². The maximum atomic E-state index is 12.5. The monoisotopic (exact) mass is 363 g/mol. The van der Waals surface area contributed by atoms with Crippen molar-refractivity contribution in [2.24, 2.45) is 0 Å². The Bertz CT molecular complexity index is 797. The number of nitrogens with zero attached hydrogens (tertiary/aromatic N) is 1. The van der Waals surface area contributed by atoms with Gasteiger partial charge < -0.3 is 4.90 Å². The predicted molar refractivity (Wildman–Crippen MR) is 99.0 cm³/mol. The van der Waals surface area contributed by atoms with Crippen LogP contribution in [0.2, 0.25) is 0 Å². The van der Waals surface area contributed by atoms with Crippen molar-refractivity contribution < 1.29 is 13.2 Å². The molecule has 0 atom stereocenters. The summed E-state index contributed by atoms with van der Waals surface area (Å²) in [4.78, 5) is 15.3. The van der Waals surface area contributed by atoms with Crippen molar-refractivity contribution in [2.45, 2.75) is 17.2 Å². The molecule has 0 N–H and O–H groups in total. The first-order chi connectivity index (χ1) is 11.3. The second-order valence-corrected chi connectivity index (χ2v) is 8.80. The number of carbonyl (C=O) groups excluding carboxylic acids is 1. The summed E-state index contributed by atoms with van der Waals surface area (Å²) in [7, 11) is -1.31. The number of hydrogen-bond donors (Lipinski definition) is 0. The first kappa shape index (κ1) is 18.5. The molecule has 0 unspecified atom stereocenters. The van der Waals surface area contributed by atoms with Gasteiger partial charge in [-0.15, -0.1) is 11.8 Å². The molecule has 2 aromatic rings. The molecular formula is C18H21NO3S2. The van der Waals surface area contributed by atoms with E-state index in [1.54, 1.807) is 48.0 Å². The standard InChI is InChI=1S/C18H21NO3S2/c1-19(12-14-6-10-17(23-2)11-7-14)18(20)16-8-4-15(5-9-16)13-24(3,21)22/h4-11H,12-13H2,1-3H3. The Kier molecular flexibility index (Phi) is 6.07. The fraction of sp³-hybridized carbons (Fsp3) is 0.278. The topological polar surface area (TPSA) is 54.5 Å². The number of sulfone groups is 1. The van der Waals surface area contributed by atoms with Crippen molar-refractivity contribution in [3.05, 3.63) is 65.2 Å². The second-order valence-electron chi connectivity index (χ2n) is 5.78. The van der Waals surface area contributed by atoms with Crippen molar-refractivity contribution in [2.75, 3.05) is 19.6 Å². The molecule has 0 saturated carbocycles. The number of benzene rings is 2. The maximum absolute atomic E-state index is 12.5. The van der Waals surface area contributed by atoms with Crippen molar-refractivity contribution >= 4 is 27.5 Å². The normalized spacial score (nSPS) is 11.3. The highest BCUT2D eigenvalue weighted by Gasteiger charge is 2.13. The van der Waals surface area contributed by atoms with E-state index in [0.717, 1.165) is 5.56 Å². The number of rotatable bonds is 6. The van der Waals surface area contributed by atoms with E-state index in [2.05, 4.69) is 0 Å². The highest BCUT2D eigenvalue weighted by Crippen LogP contribution is 2.16. The van der Waals surface area contributed by atoms with Crippen molar-refractivity contribution in [1.82, 2.24) is 4.90 Å². The average Bonchev–Trinajstić information content (AvgIpc) is 2.54. The van der Waals surface area contributed by atoms with Gasteiger partial charge in [0, 0.05) is 30.3 Å². The van der Waals surface area contributed by atoms with Gasteiger partial charge in [0.25, 0.3) is 5.91 Å². The van der Waals surface area contributed by atoms with Crippen LogP contribution < -0.4 is 0 Å². The Morgan fingerprint density at radius 1 is 1.00 bits per heavy atom. The van der Waals surface area contributed by atoms with Gasteiger partial charge in [0.2, 0.25) is 0 Å². The van der Waals surface area contributed by atoms with Crippen LogP contribution in [0.4, 0.5) is 0 Å². The van der Waals surface area contributed by atoms with Gasteiger partial charge in [0.15, 0.2) is 9.84 Å². The molecule has 2 aromatic carbocycles. The van der Waals surface area contributed by atoms with Crippen LogP contribution in [-0.2, 0) is 22.1 Å². The summed E-state index contributed by atoms with van der Waals surface area (Å²) < 4.78 is 22.6. The summed E-state index contributed by atoms with van der Waals surface area (Å²) in [5.74, 6) is -0.103. The lowest BCUT2D eigenvalue weighted by Gasteiger charge is -2.17. The lowest BCUT2D eigenvalue weighted by atomic mass is 10.1. The fourth-order valence-corrected chi connectivity index (χ4v) is 3.55. The van der Waals surface area contributed by atoms with Crippen LogP contribution >= 0.6 is 11.8 Å². The summed E-state index contributed by atoms with van der Waals surface area (Å²) in [6.07, 6.45) is 3.22. The Morgan fingerprint density at radius 3 is 2.04 bits per heavy atom. The Hall–Kier alpha value is -1.79. The largest absolute Gasteiger partial charge is 0.337 e.